The van der Waals surface area contributed by atoms with Crippen LogP contribution in [0.4, 0.5) is 0 Å². The van der Waals surface area contributed by atoms with Crippen LogP contribution in [0.3, 0.4) is 0 Å². The summed E-state index contributed by atoms with van der Waals surface area (Å²) in [6.07, 6.45) is 6.07. The van der Waals surface area contributed by atoms with E-state index in [0.717, 1.165) is 23.3 Å². The molecule has 6 heteroatoms. The molecule has 1 heterocycles. The van der Waals surface area contributed by atoms with Gasteiger partial charge in [-0.05, 0) is 55.1 Å². The van der Waals surface area contributed by atoms with Crippen molar-refractivity contribution in [3.63, 3.8) is 0 Å². The Hall–Kier alpha value is -1.40. The molecule has 1 aromatic heterocycles. The van der Waals surface area contributed by atoms with Crippen LogP contribution < -0.4 is 0 Å². The number of thioether (sulfide) groups is 1. The Bertz CT molecular complexity index is 570. The van der Waals surface area contributed by atoms with Crippen molar-refractivity contribution >= 4 is 11.8 Å². The van der Waals surface area contributed by atoms with E-state index in [1.165, 1.54) is 19.3 Å². The van der Waals surface area contributed by atoms with Crippen LogP contribution in [-0.2, 0) is 6.54 Å². The van der Waals surface area contributed by atoms with Gasteiger partial charge in [-0.25, -0.2) is 0 Å². The van der Waals surface area contributed by atoms with Crippen LogP contribution in [0, 0.1) is 0 Å². The van der Waals surface area contributed by atoms with E-state index in [2.05, 4.69) is 33.7 Å². The standard InChI is InChI=1S/C15H21N5S/c1-19(13-8-9-14(10-13)21-2)11-15-16-17-18-20(15)12-6-4-3-5-7-12/h3-7,13-14H,8-11H2,1-2H3/t13-,14-/m0/s1. The number of hydrogen-bond donors (Lipinski definition) is 0. The number of nitrogens with zero attached hydrogens (tertiary/aromatic N) is 5. The molecule has 1 aliphatic carbocycles. The minimum Gasteiger partial charge on any atom is -0.296 e. The van der Waals surface area contributed by atoms with Gasteiger partial charge < -0.3 is 0 Å². The fraction of sp³-hybridized carbons (Fsp3) is 0.533. The summed E-state index contributed by atoms with van der Waals surface area (Å²) >= 11 is 1.99. The molecule has 0 unspecified atom stereocenters. The largest absolute Gasteiger partial charge is 0.296 e. The molecule has 1 saturated carbocycles. The molecule has 0 amide bonds. The fourth-order valence-corrected chi connectivity index (χ4v) is 3.74. The Kier molecular flexibility index (Phi) is 4.55. The minimum absolute atomic E-state index is 0.642. The maximum absolute atomic E-state index is 4.20. The molecule has 0 saturated heterocycles. The van der Waals surface area contributed by atoms with Crippen LogP contribution in [-0.4, -0.2) is 49.7 Å². The topological polar surface area (TPSA) is 46.8 Å². The summed E-state index contributed by atoms with van der Waals surface area (Å²) in [7, 11) is 2.18. The van der Waals surface area contributed by atoms with Gasteiger partial charge in [0.25, 0.3) is 0 Å². The molecule has 5 nitrogen and oxygen atoms in total. The van der Waals surface area contributed by atoms with Crippen molar-refractivity contribution in [2.24, 2.45) is 0 Å². The first-order valence-electron chi connectivity index (χ1n) is 7.33. The van der Waals surface area contributed by atoms with Crippen molar-refractivity contribution < 1.29 is 0 Å². The normalized spacial score (nSPS) is 22.0. The third-order valence-corrected chi connectivity index (χ3v) is 5.33. The smallest absolute Gasteiger partial charge is 0.170 e. The van der Waals surface area contributed by atoms with Crippen molar-refractivity contribution in [1.82, 2.24) is 25.1 Å². The lowest BCUT2D eigenvalue weighted by atomic mass is 10.2. The Morgan fingerprint density at radius 3 is 2.81 bits per heavy atom. The number of benzene rings is 1. The lowest BCUT2D eigenvalue weighted by molar-refractivity contribution is 0.230. The molecule has 0 N–H and O–H groups in total. The summed E-state index contributed by atoms with van der Waals surface area (Å²) in [5.41, 5.74) is 1.01. The zero-order valence-electron chi connectivity index (χ0n) is 12.5. The molecule has 0 aliphatic heterocycles. The molecule has 112 valence electrons. The summed E-state index contributed by atoms with van der Waals surface area (Å²) in [5.74, 6) is 0.899. The minimum atomic E-state index is 0.642. The maximum Gasteiger partial charge on any atom is 0.170 e. The Morgan fingerprint density at radius 2 is 2.10 bits per heavy atom. The van der Waals surface area contributed by atoms with Gasteiger partial charge >= 0.3 is 0 Å². The number of tetrazole rings is 1. The van der Waals surface area contributed by atoms with Crippen LogP contribution in [0.5, 0.6) is 0 Å². The zero-order chi connectivity index (χ0) is 14.7. The van der Waals surface area contributed by atoms with E-state index in [4.69, 9.17) is 0 Å². The lowest BCUT2D eigenvalue weighted by Crippen LogP contribution is -2.30. The number of aromatic nitrogens is 4. The van der Waals surface area contributed by atoms with E-state index in [1.807, 2.05) is 46.8 Å². The van der Waals surface area contributed by atoms with E-state index in [-0.39, 0.29) is 0 Å². The molecule has 0 spiro atoms. The Labute approximate surface area is 129 Å². The first-order valence-corrected chi connectivity index (χ1v) is 8.62. The monoisotopic (exact) mass is 303 g/mol. The molecule has 1 aliphatic rings. The van der Waals surface area contributed by atoms with E-state index >= 15 is 0 Å². The third-order valence-electron chi connectivity index (χ3n) is 4.24. The molecular weight excluding hydrogens is 282 g/mol. The van der Waals surface area contributed by atoms with Crippen LogP contribution in [0.15, 0.2) is 30.3 Å². The molecule has 3 rings (SSSR count). The molecule has 2 atom stereocenters. The van der Waals surface area contributed by atoms with Crippen LogP contribution >= 0.6 is 11.8 Å². The van der Waals surface area contributed by atoms with E-state index in [0.29, 0.717) is 6.04 Å². The predicted molar refractivity (Wildman–Crippen MR) is 85.6 cm³/mol. The van der Waals surface area contributed by atoms with Gasteiger partial charge in [0.05, 0.1) is 12.2 Å². The van der Waals surface area contributed by atoms with Crippen molar-refractivity contribution in [3.8, 4) is 5.69 Å². The molecule has 2 aromatic rings. The van der Waals surface area contributed by atoms with Crippen LogP contribution in [0.25, 0.3) is 5.69 Å². The molecule has 21 heavy (non-hydrogen) atoms. The van der Waals surface area contributed by atoms with Crippen molar-refractivity contribution in [3.05, 3.63) is 36.2 Å². The van der Waals surface area contributed by atoms with Gasteiger partial charge in [-0.1, -0.05) is 18.2 Å². The van der Waals surface area contributed by atoms with E-state index < -0.39 is 0 Å². The van der Waals surface area contributed by atoms with Gasteiger partial charge in [-0.2, -0.15) is 16.4 Å². The van der Waals surface area contributed by atoms with Crippen molar-refractivity contribution in [2.75, 3.05) is 13.3 Å². The summed E-state index contributed by atoms with van der Waals surface area (Å²) in [5, 5.41) is 13.0. The Morgan fingerprint density at radius 1 is 1.29 bits per heavy atom. The Balaban J connectivity index is 1.70. The second-order valence-electron chi connectivity index (χ2n) is 5.58. The van der Waals surface area contributed by atoms with Crippen molar-refractivity contribution in [2.45, 2.75) is 37.1 Å². The first-order chi connectivity index (χ1) is 10.3. The van der Waals surface area contributed by atoms with Crippen LogP contribution in [0.2, 0.25) is 0 Å². The highest BCUT2D eigenvalue weighted by atomic mass is 32.2. The van der Waals surface area contributed by atoms with Gasteiger partial charge in [0.1, 0.15) is 0 Å². The molecule has 1 fully saturated rings. The summed E-state index contributed by atoms with van der Waals surface area (Å²) in [6, 6.07) is 10.7. The number of hydrogen-bond acceptors (Lipinski definition) is 5. The van der Waals surface area contributed by atoms with Gasteiger partial charge in [-0.15, -0.1) is 5.10 Å². The second-order valence-corrected chi connectivity index (χ2v) is 6.72. The predicted octanol–water partition coefficient (Wildman–Crippen LogP) is 2.38. The quantitative estimate of drug-likeness (QED) is 0.848. The van der Waals surface area contributed by atoms with Gasteiger partial charge in [-0.3, -0.25) is 4.90 Å². The van der Waals surface area contributed by atoms with E-state index in [1.54, 1.807) is 0 Å². The third kappa shape index (κ3) is 3.27. The van der Waals surface area contributed by atoms with E-state index in [9.17, 15) is 0 Å². The fourth-order valence-electron chi connectivity index (χ4n) is 2.96. The van der Waals surface area contributed by atoms with Gasteiger partial charge in [0, 0.05) is 11.3 Å². The average molecular weight is 303 g/mol. The summed E-state index contributed by atoms with van der Waals surface area (Å²) in [4.78, 5) is 2.39. The number of rotatable bonds is 5. The zero-order valence-corrected chi connectivity index (χ0v) is 13.3. The van der Waals surface area contributed by atoms with Gasteiger partial charge in [0.2, 0.25) is 0 Å². The summed E-state index contributed by atoms with van der Waals surface area (Å²) in [6.45, 7) is 0.785. The molecule has 0 radical (unpaired) electrons. The summed E-state index contributed by atoms with van der Waals surface area (Å²) < 4.78 is 1.83. The molecular formula is C15H21N5S. The average Bonchev–Trinajstić information content (AvgIpc) is 3.17. The lowest BCUT2D eigenvalue weighted by Gasteiger charge is -2.23. The highest BCUT2D eigenvalue weighted by Crippen LogP contribution is 2.31. The van der Waals surface area contributed by atoms with Crippen molar-refractivity contribution in [1.29, 1.82) is 0 Å². The molecule has 1 aromatic carbocycles. The first kappa shape index (κ1) is 14.5. The maximum atomic E-state index is 4.20. The highest BCUT2D eigenvalue weighted by molar-refractivity contribution is 7.99. The highest BCUT2D eigenvalue weighted by Gasteiger charge is 2.27. The van der Waals surface area contributed by atoms with Gasteiger partial charge in [0.15, 0.2) is 5.82 Å². The van der Waals surface area contributed by atoms with Crippen LogP contribution in [0.1, 0.15) is 25.1 Å². The number of para-hydroxylation sites is 1. The molecule has 0 bridgehead atoms. The SMILES string of the molecule is CS[C@H]1CC[C@H](N(C)Cc2nnnn2-c2ccccc2)C1. The second kappa shape index (κ2) is 6.58.